The number of anilines is 1. The molecule has 0 radical (unpaired) electrons. The lowest BCUT2D eigenvalue weighted by Gasteiger charge is -2.10. The van der Waals surface area contributed by atoms with Crippen LogP contribution in [-0.4, -0.2) is 31.2 Å². The van der Waals surface area contributed by atoms with Crippen molar-refractivity contribution in [1.82, 2.24) is 9.71 Å². The lowest BCUT2D eigenvalue weighted by molar-refractivity contribution is 0.265. The van der Waals surface area contributed by atoms with E-state index in [1.807, 2.05) is 0 Å². The Balaban J connectivity index is 2.91. The molecule has 1 atom stereocenters. The van der Waals surface area contributed by atoms with Crippen molar-refractivity contribution in [2.45, 2.75) is 17.9 Å². The van der Waals surface area contributed by atoms with E-state index in [1.54, 1.807) is 6.92 Å². The highest BCUT2D eigenvalue weighted by atomic mass is 32.2. The third-order valence-corrected chi connectivity index (χ3v) is 3.27. The van der Waals surface area contributed by atoms with E-state index in [0.29, 0.717) is 0 Å². The Morgan fingerprint density at radius 2 is 2.27 bits per heavy atom. The van der Waals surface area contributed by atoms with Crippen LogP contribution < -0.4 is 10.5 Å². The number of hydrogen-bond donors (Lipinski definition) is 3. The number of aliphatic hydroxyl groups is 1. The first-order valence-electron chi connectivity index (χ1n) is 4.30. The average Bonchev–Trinajstić information content (AvgIpc) is 2.17. The molecule has 0 aromatic carbocycles. The van der Waals surface area contributed by atoms with Gasteiger partial charge >= 0.3 is 0 Å². The van der Waals surface area contributed by atoms with E-state index in [9.17, 15) is 8.42 Å². The first-order chi connectivity index (χ1) is 6.95. The summed E-state index contributed by atoms with van der Waals surface area (Å²) in [7, 11) is -3.62. The van der Waals surface area contributed by atoms with E-state index in [-0.39, 0.29) is 17.3 Å². The van der Waals surface area contributed by atoms with Crippen LogP contribution in [0.5, 0.6) is 0 Å². The van der Waals surface area contributed by atoms with Crippen LogP contribution in [0, 0.1) is 0 Å². The van der Waals surface area contributed by atoms with Crippen molar-refractivity contribution < 1.29 is 13.5 Å². The summed E-state index contributed by atoms with van der Waals surface area (Å²) < 4.78 is 25.5. The molecule has 4 N–H and O–H groups in total. The highest BCUT2D eigenvalue weighted by Crippen LogP contribution is 2.08. The highest BCUT2D eigenvalue weighted by Gasteiger charge is 2.16. The minimum Gasteiger partial charge on any atom is -0.395 e. The van der Waals surface area contributed by atoms with Crippen molar-refractivity contribution in [3.63, 3.8) is 0 Å². The van der Waals surface area contributed by atoms with Gasteiger partial charge in [-0.2, -0.15) is 0 Å². The molecular weight excluding hydrogens is 218 g/mol. The van der Waals surface area contributed by atoms with Gasteiger partial charge in [-0.3, -0.25) is 0 Å². The van der Waals surface area contributed by atoms with Crippen LogP contribution in [0.2, 0.25) is 0 Å². The van der Waals surface area contributed by atoms with E-state index in [4.69, 9.17) is 10.8 Å². The van der Waals surface area contributed by atoms with E-state index in [2.05, 4.69) is 9.71 Å². The lowest BCUT2D eigenvalue weighted by Crippen LogP contribution is -2.35. The number of nitrogens with zero attached hydrogens (tertiary/aromatic N) is 1. The summed E-state index contributed by atoms with van der Waals surface area (Å²) in [6.45, 7) is 1.30. The smallest absolute Gasteiger partial charge is 0.242 e. The van der Waals surface area contributed by atoms with Crippen LogP contribution in [0.4, 0.5) is 5.82 Å². The van der Waals surface area contributed by atoms with Gasteiger partial charge in [-0.15, -0.1) is 0 Å². The Morgan fingerprint density at radius 3 is 2.73 bits per heavy atom. The molecule has 1 aromatic heterocycles. The SMILES string of the molecule is CC(CO)NS(=O)(=O)c1ccc(N)nc1. The summed E-state index contributed by atoms with van der Waals surface area (Å²) >= 11 is 0. The molecule has 1 heterocycles. The maximum absolute atomic E-state index is 11.6. The van der Waals surface area contributed by atoms with Gasteiger partial charge in [0.1, 0.15) is 10.7 Å². The summed E-state index contributed by atoms with van der Waals surface area (Å²) in [6, 6.07) is 2.22. The first kappa shape index (κ1) is 11.9. The number of sulfonamides is 1. The molecule has 7 heteroatoms. The summed E-state index contributed by atoms with van der Waals surface area (Å²) in [4.78, 5) is 3.70. The second kappa shape index (κ2) is 4.56. The quantitative estimate of drug-likeness (QED) is 0.637. The molecule has 15 heavy (non-hydrogen) atoms. The van der Waals surface area contributed by atoms with Crippen LogP contribution in [-0.2, 0) is 10.0 Å². The van der Waals surface area contributed by atoms with Crippen molar-refractivity contribution in [3.8, 4) is 0 Å². The minimum absolute atomic E-state index is 0.0250. The topological polar surface area (TPSA) is 105 Å². The number of pyridine rings is 1. The summed E-state index contributed by atoms with van der Waals surface area (Å²) in [5.74, 6) is 0.254. The predicted octanol–water partition coefficient (Wildman–Crippen LogP) is -0.677. The molecule has 1 rings (SSSR count). The van der Waals surface area contributed by atoms with Crippen molar-refractivity contribution in [1.29, 1.82) is 0 Å². The number of aromatic nitrogens is 1. The molecule has 1 unspecified atom stereocenters. The molecule has 0 bridgehead atoms. The number of nitrogens with two attached hydrogens (primary N) is 1. The molecule has 0 aliphatic rings. The van der Waals surface area contributed by atoms with Gasteiger partial charge in [0, 0.05) is 12.2 Å². The van der Waals surface area contributed by atoms with E-state index in [1.165, 1.54) is 18.3 Å². The van der Waals surface area contributed by atoms with Gasteiger partial charge in [0.05, 0.1) is 6.61 Å². The van der Waals surface area contributed by atoms with Gasteiger partial charge in [-0.25, -0.2) is 18.1 Å². The van der Waals surface area contributed by atoms with Crippen molar-refractivity contribution in [2.24, 2.45) is 0 Å². The average molecular weight is 231 g/mol. The van der Waals surface area contributed by atoms with Crippen molar-refractivity contribution in [3.05, 3.63) is 18.3 Å². The Hall–Kier alpha value is -1.18. The summed E-state index contributed by atoms with van der Waals surface area (Å²) in [5, 5.41) is 8.73. The molecule has 0 saturated heterocycles. The Bertz CT molecular complexity index is 415. The van der Waals surface area contributed by atoms with Crippen molar-refractivity contribution in [2.75, 3.05) is 12.3 Å². The molecule has 0 aliphatic heterocycles. The Kier molecular flexibility index (Phi) is 3.61. The fourth-order valence-electron chi connectivity index (χ4n) is 0.921. The van der Waals surface area contributed by atoms with Crippen LogP contribution >= 0.6 is 0 Å². The number of nitrogens with one attached hydrogen (secondary N) is 1. The number of nitrogen functional groups attached to an aromatic ring is 1. The third kappa shape index (κ3) is 3.15. The summed E-state index contributed by atoms with van der Waals surface area (Å²) in [6.07, 6.45) is 1.17. The highest BCUT2D eigenvalue weighted by molar-refractivity contribution is 7.89. The molecule has 6 nitrogen and oxygen atoms in total. The van der Waals surface area contributed by atoms with Crippen LogP contribution in [0.3, 0.4) is 0 Å². The van der Waals surface area contributed by atoms with E-state index >= 15 is 0 Å². The van der Waals surface area contributed by atoms with Gasteiger partial charge in [0.15, 0.2) is 0 Å². The van der Waals surface area contributed by atoms with E-state index < -0.39 is 16.1 Å². The summed E-state index contributed by atoms with van der Waals surface area (Å²) in [5.41, 5.74) is 5.33. The normalized spacial score (nSPS) is 13.7. The molecule has 84 valence electrons. The zero-order valence-electron chi connectivity index (χ0n) is 8.21. The second-order valence-corrected chi connectivity index (χ2v) is 4.84. The lowest BCUT2D eigenvalue weighted by atomic mass is 10.4. The van der Waals surface area contributed by atoms with Gasteiger partial charge in [0.2, 0.25) is 10.0 Å². The van der Waals surface area contributed by atoms with Crippen LogP contribution in [0.1, 0.15) is 6.92 Å². The first-order valence-corrected chi connectivity index (χ1v) is 5.79. The molecule has 0 aliphatic carbocycles. The van der Waals surface area contributed by atoms with Gasteiger partial charge < -0.3 is 10.8 Å². The van der Waals surface area contributed by atoms with E-state index in [0.717, 1.165) is 0 Å². The molecule has 0 spiro atoms. The molecular formula is C8H13N3O3S. The molecule has 1 aromatic rings. The fraction of sp³-hybridized carbons (Fsp3) is 0.375. The minimum atomic E-state index is -3.62. The molecule has 0 amide bonds. The maximum atomic E-state index is 11.6. The Labute approximate surface area is 88.2 Å². The second-order valence-electron chi connectivity index (χ2n) is 3.12. The van der Waals surface area contributed by atoms with Gasteiger partial charge in [-0.05, 0) is 19.1 Å². The number of rotatable bonds is 4. The fourth-order valence-corrected chi connectivity index (χ4v) is 2.10. The maximum Gasteiger partial charge on any atom is 0.242 e. The molecule has 0 fully saturated rings. The van der Waals surface area contributed by atoms with Gasteiger partial charge in [0.25, 0.3) is 0 Å². The monoisotopic (exact) mass is 231 g/mol. The zero-order valence-corrected chi connectivity index (χ0v) is 9.03. The number of aliphatic hydroxyl groups excluding tert-OH is 1. The number of hydrogen-bond acceptors (Lipinski definition) is 5. The Morgan fingerprint density at radius 1 is 1.60 bits per heavy atom. The standard InChI is InChI=1S/C8H13N3O3S/c1-6(5-12)11-15(13,14)7-2-3-8(9)10-4-7/h2-4,6,11-12H,5H2,1H3,(H2,9,10). The van der Waals surface area contributed by atoms with Crippen molar-refractivity contribution >= 4 is 15.8 Å². The predicted molar refractivity (Wildman–Crippen MR) is 55.5 cm³/mol. The zero-order chi connectivity index (χ0) is 11.5. The largest absolute Gasteiger partial charge is 0.395 e. The van der Waals surface area contributed by atoms with Crippen LogP contribution in [0.15, 0.2) is 23.2 Å². The van der Waals surface area contributed by atoms with Crippen LogP contribution in [0.25, 0.3) is 0 Å². The van der Waals surface area contributed by atoms with Gasteiger partial charge in [-0.1, -0.05) is 0 Å². The third-order valence-electron chi connectivity index (χ3n) is 1.70. The molecule has 0 saturated carbocycles.